The standard InChI is InChI=1S/C19H16N2O/c22-19-17-9-5-4-8-16(17)18(14-6-2-1-3-7-14)21(19)15-10-12-20-13-11-15/h1-13,18-19,22H. The fraction of sp³-hybridized carbons (Fsp3) is 0.105. The van der Waals surface area contributed by atoms with Crippen LogP contribution in [0.5, 0.6) is 0 Å². The van der Waals surface area contributed by atoms with Crippen molar-refractivity contribution in [1.82, 2.24) is 4.98 Å². The predicted molar refractivity (Wildman–Crippen MR) is 86.4 cm³/mol. The van der Waals surface area contributed by atoms with Gasteiger partial charge in [0.2, 0.25) is 0 Å². The van der Waals surface area contributed by atoms with Crippen molar-refractivity contribution in [2.45, 2.75) is 12.3 Å². The van der Waals surface area contributed by atoms with Crippen LogP contribution in [0.25, 0.3) is 0 Å². The van der Waals surface area contributed by atoms with E-state index in [9.17, 15) is 5.11 Å². The first kappa shape index (κ1) is 13.0. The zero-order valence-electron chi connectivity index (χ0n) is 12.0. The van der Waals surface area contributed by atoms with E-state index in [-0.39, 0.29) is 6.04 Å². The number of hydrogen-bond acceptors (Lipinski definition) is 3. The summed E-state index contributed by atoms with van der Waals surface area (Å²) in [5.41, 5.74) is 4.25. The van der Waals surface area contributed by atoms with E-state index >= 15 is 0 Å². The predicted octanol–water partition coefficient (Wildman–Crippen LogP) is 3.68. The molecule has 0 aliphatic carbocycles. The van der Waals surface area contributed by atoms with E-state index in [4.69, 9.17) is 0 Å². The number of rotatable bonds is 2. The number of hydrogen-bond donors (Lipinski definition) is 1. The van der Waals surface area contributed by atoms with Crippen LogP contribution < -0.4 is 4.90 Å². The van der Waals surface area contributed by atoms with Gasteiger partial charge in [0.1, 0.15) is 0 Å². The lowest BCUT2D eigenvalue weighted by Gasteiger charge is -2.30. The normalized spacial score (nSPS) is 20.0. The van der Waals surface area contributed by atoms with Crippen LogP contribution in [0.4, 0.5) is 5.69 Å². The van der Waals surface area contributed by atoms with E-state index in [2.05, 4.69) is 23.2 Å². The molecule has 2 atom stereocenters. The lowest BCUT2D eigenvalue weighted by molar-refractivity contribution is 0.178. The molecule has 0 spiro atoms. The number of fused-ring (bicyclic) bond motifs is 1. The maximum absolute atomic E-state index is 10.8. The summed E-state index contributed by atoms with van der Waals surface area (Å²) in [6.07, 6.45) is 2.86. The average molecular weight is 288 g/mol. The first-order valence-electron chi connectivity index (χ1n) is 7.36. The topological polar surface area (TPSA) is 36.4 Å². The van der Waals surface area contributed by atoms with Crippen molar-refractivity contribution in [3.63, 3.8) is 0 Å². The number of anilines is 1. The Morgan fingerprint density at radius 2 is 1.41 bits per heavy atom. The van der Waals surface area contributed by atoms with Gasteiger partial charge in [0, 0.05) is 23.6 Å². The van der Waals surface area contributed by atoms with E-state index in [0.717, 1.165) is 16.8 Å². The highest BCUT2D eigenvalue weighted by Crippen LogP contribution is 2.46. The maximum Gasteiger partial charge on any atom is 0.154 e. The lowest BCUT2D eigenvalue weighted by Crippen LogP contribution is -2.26. The monoisotopic (exact) mass is 288 g/mol. The van der Waals surface area contributed by atoms with Crippen molar-refractivity contribution in [3.8, 4) is 0 Å². The van der Waals surface area contributed by atoms with Crippen LogP contribution >= 0.6 is 0 Å². The fourth-order valence-corrected chi connectivity index (χ4v) is 3.22. The molecule has 0 radical (unpaired) electrons. The lowest BCUT2D eigenvalue weighted by atomic mass is 9.98. The van der Waals surface area contributed by atoms with Gasteiger partial charge in [0.05, 0.1) is 6.04 Å². The second kappa shape index (κ2) is 5.28. The molecule has 3 nitrogen and oxygen atoms in total. The molecule has 0 saturated heterocycles. The molecule has 3 aromatic rings. The van der Waals surface area contributed by atoms with Gasteiger partial charge in [-0.1, -0.05) is 54.6 Å². The highest BCUT2D eigenvalue weighted by Gasteiger charge is 2.38. The number of aliphatic hydroxyl groups excluding tert-OH is 1. The molecular formula is C19H16N2O. The van der Waals surface area contributed by atoms with Crippen LogP contribution in [0.3, 0.4) is 0 Å². The SMILES string of the molecule is OC1c2ccccc2C(c2ccccc2)N1c1ccncc1. The molecule has 22 heavy (non-hydrogen) atoms. The number of pyridine rings is 1. The summed E-state index contributed by atoms with van der Waals surface area (Å²) < 4.78 is 0. The molecule has 3 heteroatoms. The third kappa shape index (κ3) is 1.98. The minimum Gasteiger partial charge on any atom is -0.369 e. The summed E-state index contributed by atoms with van der Waals surface area (Å²) >= 11 is 0. The smallest absolute Gasteiger partial charge is 0.154 e. The van der Waals surface area contributed by atoms with Crippen LogP contribution in [0.2, 0.25) is 0 Å². The van der Waals surface area contributed by atoms with Gasteiger partial charge in [-0.15, -0.1) is 0 Å². The number of nitrogens with zero attached hydrogens (tertiary/aromatic N) is 2. The zero-order valence-corrected chi connectivity index (χ0v) is 12.0. The molecule has 0 amide bonds. The first-order valence-corrected chi connectivity index (χ1v) is 7.36. The summed E-state index contributed by atoms with van der Waals surface area (Å²) in [6.45, 7) is 0. The minimum absolute atomic E-state index is 0.00907. The Hall–Kier alpha value is -2.65. The van der Waals surface area contributed by atoms with Crippen molar-refractivity contribution in [2.75, 3.05) is 4.90 Å². The molecule has 0 saturated carbocycles. The third-order valence-corrected chi connectivity index (χ3v) is 4.19. The van der Waals surface area contributed by atoms with Gasteiger partial charge in [-0.25, -0.2) is 0 Å². The Bertz CT molecular complexity index is 774. The van der Waals surface area contributed by atoms with Crippen LogP contribution in [0, 0.1) is 0 Å². The Kier molecular flexibility index (Phi) is 3.13. The Labute approximate surface area is 129 Å². The highest BCUT2D eigenvalue weighted by molar-refractivity contribution is 5.59. The molecule has 1 aliphatic heterocycles. The molecule has 4 rings (SSSR count). The molecule has 0 bridgehead atoms. The maximum atomic E-state index is 10.8. The molecule has 0 fully saturated rings. The minimum atomic E-state index is -0.649. The summed E-state index contributed by atoms with van der Waals surface area (Å²) in [6, 6.07) is 22.3. The van der Waals surface area contributed by atoms with Crippen LogP contribution in [0.1, 0.15) is 29.0 Å². The van der Waals surface area contributed by atoms with Gasteiger partial charge in [-0.2, -0.15) is 0 Å². The van der Waals surface area contributed by atoms with Gasteiger partial charge in [-0.3, -0.25) is 4.98 Å². The van der Waals surface area contributed by atoms with Crippen LogP contribution in [-0.2, 0) is 0 Å². The van der Waals surface area contributed by atoms with Crippen LogP contribution in [0.15, 0.2) is 79.1 Å². The molecule has 108 valence electrons. The van der Waals surface area contributed by atoms with E-state index < -0.39 is 6.23 Å². The van der Waals surface area contributed by atoms with E-state index in [1.165, 1.54) is 5.56 Å². The van der Waals surface area contributed by atoms with E-state index in [0.29, 0.717) is 0 Å². The van der Waals surface area contributed by atoms with Gasteiger partial charge in [0.25, 0.3) is 0 Å². The van der Waals surface area contributed by atoms with Gasteiger partial charge in [0.15, 0.2) is 6.23 Å². The quantitative estimate of drug-likeness (QED) is 0.781. The molecule has 2 unspecified atom stereocenters. The molecule has 1 aliphatic rings. The van der Waals surface area contributed by atoms with Crippen molar-refractivity contribution in [1.29, 1.82) is 0 Å². The fourth-order valence-electron chi connectivity index (χ4n) is 3.22. The van der Waals surface area contributed by atoms with Crippen molar-refractivity contribution >= 4 is 5.69 Å². The van der Waals surface area contributed by atoms with Gasteiger partial charge in [-0.05, 0) is 23.3 Å². The van der Waals surface area contributed by atoms with Crippen molar-refractivity contribution in [2.24, 2.45) is 0 Å². The zero-order chi connectivity index (χ0) is 14.9. The second-order valence-corrected chi connectivity index (χ2v) is 5.43. The van der Waals surface area contributed by atoms with Gasteiger partial charge >= 0.3 is 0 Å². The first-order chi connectivity index (χ1) is 10.9. The molecule has 1 N–H and O–H groups in total. The molecular weight excluding hydrogens is 272 g/mol. The number of benzene rings is 2. The van der Waals surface area contributed by atoms with Crippen molar-refractivity contribution in [3.05, 3.63) is 95.8 Å². The average Bonchev–Trinajstić information content (AvgIpc) is 2.90. The second-order valence-electron chi connectivity index (χ2n) is 5.43. The van der Waals surface area contributed by atoms with E-state index in [1.54, 1.807) is 12.4 Å². The largest absolute Gasteiger partial charge is 0.369 e. The Morgan fingerprint density at radius 1 is 0.773 bits per heavy atom. The Morgan fingerprint density at radius 3 is 2.14 bits per heavy atom. The summed E-state index contributed by atoms with van der Waals surface area (Å²) in [4.78, 5) is 6.12. The molecule has 1 aromatic heterocycles. The van der Waals surface area contributed by atoms with E-state index in [1.807, 2.05) is 53.4 Å². The summed E-state index contributed by atoms with van der Waals surface area (Å²) in [5, 5.41) is 10.8. The molecule has 2 heterocycles. The summed E-state index contributed by atoms with van der Waals surface area (Å²) in [5.74, 6) is 0. The summed E-state index contributed by atoms with van der Waals surface area (Å²) in [7, 11) is 0. The molecule has 2 aromatic carbocycles. The van der Waals surface area contributed by atoms with Crippen molar-refractivity contribution < 1.29 is 5.11 Å². The Balaban J connectivity index is 1.90. The van der Waals surface area contributed by atoms with Crippen LogP contribution in [-0.4, -0.2) is 10.1 Å². The number of aromatic nitrogens is 1. The highest BCUT2D eigenvalue weighted by atomic mass is 16.3. The third-order valence-electron chi connectivity index (χ3n) is 4.19. The number of aliphatic hydroxyl groups is 1. The van der Waals surface area contributed by atoms with Gasteiger partial charge < -0.3 is 10.0 Å².